The summed E-state index contributed by atoms with van der Waals surface area (Å²) in [5.41, 5.74) is 0. The molecule has 0 saturated carbocycles. The van der Waals surface area contributed by atoms with Crippen LogP contribution in [0.4, 0.5) is 5.00 Å². The monoisotopic (exact) mass is 435 g/mol. The van der Waals surface area contributed by atoms with Crippen molar-refractivity contribution in [2.75, 3.05) is 11.4 Å². The maximum Gasteiger partial charge on any atom is 0.227 e. The Hall–Kier alpha value is -1.16. The van der Waals surface area contributed by atoms with Crippen LogP contribution in [-0.2, 0) is 4.79 Å². The molecule has 0 saturated heterocycles. The van der Waals surface area contributed by atoms with Gasteiger partial charge in [-0.05, 0) is 25.0 Å². The minimum absolute atomic E-state index is 0.200. The number of nitrogens with zero attached hydrogens (tertiary/aromatic N) is 1. The Balaban J connectivity index is 2.12. The van der Waals surface area contributed by atoms with Crippen LogP contribution in [0.3, 0.4) is 0 Å². The van der Waals surface area contributed by atoms with E-state index in [-0.39, 0.29) is 5.91 Å². The predicted octanol–water partition coefficient (Wildman–Crippen LogP) is 8.57. The summed E-state index contributed by atoms with van der Waals surface area (Å²) >= 11 is 1.43. The number of hydrogen-bond acceptors (Lipinski definition) is 3. The van der Waals surface area contributed by atoms with E-state index >= 15 is 0 Å². The Labute approximate surface area is 189 Å². The van der Waals surface area contributed by atoms with Crippen molar-refractivity contribution < 1.29 is 9.59 Å². The van der Waals surface area contributed by atoms with E-state index in [1.54, 1.807) is 0 Å². The molecule has 0 aliphatic heterocycles. The van der Waals surface area contributed by atoms with Gasteiger partial charge >= 0.3 is 0 Å². The molecule has 0 bridgehead atoms. The molecule has 0 aromatic carbocycles. The predicted molar refractivity (Wildman–Crippen MR) is 132 cm³/mol. The van der Waals surface area contributed by atoms with Crippen LogP contribution in [0.2, 0.25) is 0 Å². The molecular formula is C26H45NO2S. The summed E-state index contributed by atoms with van der Waals surface area (Å²) in [5.74, 6) is 0.200. The van der Waals surface area contributed by atoms with Crippen LogP contribution in [0.1, 0.15) is 133 Å². The van der Waals surface area contributed by atoms with Gasteiger partial charge in [-0.15, -0.1) is 11.3 Å². The molecule has 3 nitrogen and oxygen atoms in total. The summed E-state index contributed by atoms with van der Waals surface area (Å²) < 4.78 is 0. The van der Waals surface area contributed by atoms with Crippen molar-refractivity contribution >= 4 is 28.5 Å². The van der Waals surface area contributed by atoms with Crippen LogP contribution in [0.5, 0.6) is 0 Å². The highest BCUT2D eigenvalue weighted by Crippen LogP contribution is 2.26. The molecule has 30 heavy (non-hydrogen) atoms. The standard InChI is InChI=1S/C26H45NO2S/c1-3-5-7-8-9-10-11-12-13-14-15-16-17-18-22-27(25(29)19-6-4-2)26-21-20-24(23-28)30-26/h20-21,23H,3-19,22H2,1-2H3. The van der Waals surface area contributed by atoms with Crippen LogP contribution >= 0.6 is 11.3 Å². The van der Waals surface area contributed by atoms with E-state index in [9.17, 15) is 9.59 Å². The first-order valence-electron chi connectivity index (χ1n) is 12.6. The molecule has 0 unspecified atom stereocenters. The molecule has 0 atom stereocenters. The van der Waals surface area contributed by atoms with E-state index in [0.29, 0.717) is 11.3 Å². The van der Waals surface area contributed by atoms with Gasteiger partial charge in [-0.3, -0.25) is 9.59 Å². The van der Waals surface area contributed by atoms with Crippen LogP contribution in [0, 0.1) is 0 Å². The molecule has 4 heteroatoms. The lowest BCUT2D eigenvalue weighted by atomic mass is 10.0. The van der Waals surface area contributed by atoms with Gasteiger partial charge in [-0.2, -0.15) is 0 Å². The number of aldehydes is 1. The van der Waals surface area contributed by atoms with Gasteiger partial charge < -0.3 is 4.90 Å². The van der Waals surface area contributed by atoms with Crippen molar-refractivity contribution in [2.45, 2.75) is 123 Å². The second-order valence-corrected chi connectivity index (χ2v) is 9.63. The van der Waals surface area contributed by atoms with Gasteiger partial charge in [0, 0.05) is 13.0 Å². The van der Waals surface area contributed by atoms with E-state index in [0.717, 1.165) is 37.1 Å². The molecule has 0 spiro atoms. The second kappa shape index (κ2) is 18.6. The van der Waals surface area contributed by atoms with Crippen LogP contribution in [0.25, 0.3) is 0 Å². The van der Waals surface area contributed by atoms with E-state index in [1.165, 1.54) is 94.8 Å². The smallest absolute Gasteiger partial charge is 0.227 e. The number of amides is 1. The molecule has 1 rings (SSSR count). The summed E-state index contributed by atoms with van der Waals surface area (Å²) in [6.07, 6.45) is 22.2. The van der Waals surface area contributed by atoms with Gasteiger partial charge in [-0.1, -0.05) is 104 Å². The lowest BCUT2D eigenvalue weighted by molar-refractivity contribution is -0.118. The SMILES string of the molecule is CCCCCCCCCCCCCCCCN(C(=O)CCCC)c1ccc(C=O)s1. The fourth-order valence-corrected chi connectivity index (χ4v) is 4.70. The second-order valence-electron chi connectivity index (χ2n) is 8.54. The zero-order valence-electron chi connectivity index (χ0n) is 19.6. The van der Waals surface area contributed by atoms with E-state index in [1.807, 2.05) is 17.0 Å². The Morgan fingerprint density at radius 3 is 1.73 bits per heavy atom. The topological polar surface area (TPSA) is 37.4 Å². The van der Waals surface area contributed by atoms with Crippen molar-refractivity contribution in [3.63, 3.8) is 0 Å². The van der Waals surface area contributed by atoms with Crippen molar-refractivity contribution in [2.24, 2.45) is 0 Å². The Bertz CT molecular complexity index is 555. The normalized spacial score (nSPS) is 11.0. The molecular weight excluding hydrogens is 390 g/mol. The van der Waals surface area contributed by atoms with E-state index in [4.69, 9.17) is 0 Å². The molecule has 0 aliphatic rings. The van der Waals surface area contributed by atoms with Crippen LogP contribution < -0.4 is 4.90 Å². The molecule has 0 radical (unpaired) electrons. The van der Waals surface area contributed by atoms with Crippen molar-refractivity contribution in [3.8, 4) is 0 Å². The van der Waals surface area contributed by atoms with Crippen LogP contribution in [-0.4, -0.2) is 18.7 Å². The summed E-state index contributed by atoms with van der Waals surface area (Å²) in [7, 11) is 0. The molecule has 172 valence electrons. The highest BCUT2D eigenvalue weighted by atomic mass is 32.1. The minimum atomic E-state index is 0.200. The Kier molecular flexibility index (Phi) is 16.7. The van der Waals surface area contributed by atoms with Gasteiger partial charge in [0.25, 0.3) is 0 Å². The molecule has 0 N–H and O–H groups in total. The molecule has 1 aromatic rings. The zero-order chi connectivity index (χ0) is 21.9. The summed E-state index contributed by atoms with van der Waals surface area (Å²) in [6.45, 7) is 5.16. The average Bonchev–Trinajstić information content (AvgIpc) is 3.23. The number of rotatable bonds is 20. The molecule has 0 fully saturated rings. The summed E-state index contributed by atoms with van der Waals surface area (Å²) in [6, 6.07) is 3.74. The first kappa shape index (κ1) is 26.9. The third-order valence-corrected chi connectivity index (χ3v) is 6.81. The number of unbranched alkanes of at least 4 members (excludes halogenated alkanes) is 14. The maximum absolute atomic E-state index is 12.6. The minimum Gasteiger partial charge on any atom is -0.304 e. The zero-order valence-corrected chi connectivity index (χ0v) is 20.4. The summed E-state index contributed by atoms with van der Waals surface area (Å²) in [4.78, 5) is 26.2. The molecule has 1 aromatic heterocycles. The molecule has 0 aliphatic carbocycles. The quantitative estimate of drug-likeness (QED) is 0.152. The number of thiophene rings is 1. The van der Waals surface area contributed by atoms with Gasteiger partial charge in [0.15, 0.2) is 6.29 Å². The highest BCUT2D eigenvalue weighted by molar-refractivity contribution is 7.17. The molecule has 1 heterocycles. The van der Waals surface area contributed by atoms with Crippen LogP contribution in [0.15, 0.2) is 12.1 Å². The number of hydrogen-bond donors (Lipinski definition) is 0. The van der Waals surface area contributed by atoms with Crippen molar-refractivity contribution in [3.05, 3.63) is 17.0 Å². The average molecular weight is 436 g/mol. The highest BCUT2D eigenvalue weighted by Gasteiger charge is 2.16. The number of carbonyl (C=O) groups excluding carboxylic acids is 2. The number of anilines is 1. The third kappa shape index (κ3) is 12.5. The Morgan fingerprint density at radius 2 is 1.27 bits per heavy atom. The van der Waals surface area contributed by atoms with E-state index in [2.05, 4.69) is 13.8 Å². The third-order valence-electron chi connectivity index (χ3n) is 5.78. The van der Waals surface area contributed by atoms with E-state index < -0.39 is 0 Å². The Morgan fingerprint density at radius 1 is 0.767 bits per heavy atom. The lowest BCUT2D eigenvalue weighted by Gasteiger charge is -2.21. The number of carbonyl (C=O) groups is 2. The maximum atomic E-state index is 12.6. The lowest BCUT2D eigenvalue weighted by Crippen LogP contribution is -2.31. The summed E-state index contributed by atoms with van der Waals surface area (Å²) in [5, 5.41) is 0.924. The van der Waals surface area contributed by atoms with Gasteiger partial charge in [0.05, 0.1) is 9.88 Å². The fourth-order valence-electron chi connectivity index (χ4n) is 3.84. The molecule has 1 amide bonds. The van der Waals surface area contributed by atoms with Crippen molar-refractivity contribution in [1.82, 2.24) is 0 Å². The first-order valence-corrected chi connectivity index (χ1v) is 13.4. The largest absolute Gasteiger partial charge is 0.304 e. The first-order chi connectivity index (χ1) is 14.7. The van der Waals surface area contributed by atoms with Crippen molar-refractivity contribution in [1.29, 1.82) is 0 Å². The van der Waals surface area contributed by atoms with Gasteiger partial charge in [0.1, 0.15) is 0 Å². The fraction of sp³-hybridized carbons (Fsp3) is 0.769. The van der Waals surface area contributed by atoms with Gasteiger partial charge in [0.2, 0.25) is 5.91 Å². The van der Waals surface area contributed by atoms with Gasteiger partial charge in [-0.25, -0.2) is 0 Å².